The molecule has 2 aromatic carbocycles. The van der Waals surface area contributed by atoms with Crippen molar-refractivity contribution in [1.29, 1.82) is 0 Å². The van der Waals surface area contributed by atoms with Gasteiger partial charge in [0.1, 0.15) is 0 Å². The van der Waals surface area contributed by atoms with E-state index in [4.69, 9.17) is 11.6 Å². The molecule has 158 valence electrons. The fourth-order valence-electron chi connectivity index (χ4n) is 2.72. The third kappa shape index (κ3) is 5.01. The zero-order valence-corrected chi connectivity index (χ0v) is 19.1. The van der Waals surface area contributed by atoms with Crippen LogP contribution in [0.5, 0.6) is 0 Å². The van der Waals surface area contributed by atoms with E-state index < -0.39 is 20.9 Å². The molecule has 0 aliphatic carbocycles. The number of nitrogens with zero attached hydrogens (tertiary/aromatic N) is 4. The SMILES string of the molecule is CS(=O)(=O)c1ncc(Cl)c(C(=O)Nc2nnc(SCc3cccc4ccccc34)s2)n1. The number of carbonyl (C=O) groups is 1. The lowest BCUT2D eigenvalue weighted by Gasteiger charge is -2.05. The van der Waals surface area contributed by atoms with Crippen molar-refractivity contribution in [1.82, 2.24) is 20.2 Å². The Labute approximate surface area is 191 Å². The number of sulfone groups is 1. The van der Waals surface area contributed by atoms with Crippen molar-refractivity contribution in [3.63, 3.8) is 0 Å². The lowest BCUT2D eigenvalue weighted by Crippen LogP contribution is -2.17. The average Bonchev–Trinajstić information content (AvgIpc) is 3.18. The van der Waals surface area contributed by atoms with Crippen LogP contribution in [0.3, 0.4) is 0 Å². The molecule has 0 aliphatic heterocycles. The molecule has 0 saturated carbocycles. The molecular formula is C19H14ClN5O3S3. The number of carbonyl (C=O) groups excluding carboxylic acids is 1. The summed E-state index contributed by atoms with van der Waals surface area (Å²) >= 11 is 8.66. The number of halogens is 1. The van der Waals surface area contributed by atoms with Gasteiger partial charge in [0.25, 0.3) is 5.91 Å². The molecule has 0 saturated heterocycles. The Bertz CT molecular complexity index is 1390. The Kier molecular flexibility index (Phi) is 6.19. The Hall–Kier alpha value is -2.60. The van der Waals surface area contributed by atoms with Crippen molar-refractivity contribution in [3.8, 4) is 0 Å². The predicted octanol–water partition coefficient (Wildman–Crippen LogP) is 4.08. The van der Waals surface area contributed by atoms with Crippen LogP contribution < -0.4 is 5.32 Å². The molecule has 0 fully saturated rings. The lowest BCUT2D eigenvalue weighted by atomic mass is 10.1. The maximum Gasteiger partial charge on any atom is 0.277 e. The van der Waals surface area contributed by atoms with E-state index in [1.807, 2.05) is 18.2 Å². The number of hydrogen-bond donors (Lipinski definition) is 1. The summed E-state index contributed by atoms with van der Waals surface area (Å²) in [6.45, 7) is 0. The summed E-state index contributed by atoms with van der Waals surface area (Å²) in [4.78, 5) is 19.9. The van der Waals surface area contributed by atoms with Crippen molar-refractivity contribution in [2.24, 2.45) is 0 Å². The molecule has 0 radical (unpaired) electrons. The zero-order chi connectivity index (χ0) is 22.0. The molecule has 4 aromatic rings. The first-order valence-electron chi connectivity index (χ1n) is 8.78. The summed E-state index contributed by atoms with van der Waals surface area (Å²) in [5, 5.41) is 12.7. The van der Waals surface area contributed by atoms with Gasteiger partial charge in [-0.15, -0.1) is 10.2 Å². The molecule has 0 spiro atoms. The van der Waals surface area contributed by atoms with Gasteiger partial charge in [0.2, 0.25) is 20.1 Å². The van der Waals surface area contributed by atoms with Crippen LogP contribution in [0, 0.1) is 0 Å². The second-order valence-corrected chi connectivity index (χ2v) is 10.9. The Morgan fingerprint density at radius 1 is 1.16 bits per heavy atom. The zero-order valence-electron chi connectivity index (χ0n) is 15.9. The van der Waals surface area contributed by atoms with Crippen LogP contribution >= 0.6 is 34.7 Å². The van der Waals surface area contributed by atoms with E-state index in [0.29, 0.717) is 10.1 Å². The van der Waals surface area contributed by atoms with Crippen molar-refractivity contribution in [2.75, 3.05) is 11.6 Å². The minimum Gasteiger partial charge on any atom is -0.295 e. The topological polar surface area (TPSA) is 115 Å². The van der Waals surface area contributed by atoms with Crippen LogP contribution in [0.15, 0.2) is 58.2 Å². The average molecular weight is 492 g/mol. The number of rotatable bonds is 6. The number of anilines is 1. The fourth-order valence-corrected chi connectivity index (χ4v) is 5.15. The smallest absolute Gasteiger partial charge is 0.277 e. The van der Waals surface area contributed by atoms with E-state index in [-0.39, 0.29) is 15.8 Å². The second kappa shape index (κ2) is 8.87. The number of fused-ring (bicyclic) bond motifs is 1. The summed E-state index contributed by atoms with van der Waals surface area (Å²) in [7, 11) is -3.68. The minimum absolute atomic E-state index is 0.0695. The van der Waals surface area contributed by atoms with Gasteiger partial charge in [0, 0.05) is 12.0 Å². The summed E-state index contributed by atoms with van der Waals surface area (Å²) < 4.78 is 23.9. The highest BCUT2D eigenvalue weighted by Gasteiger charge is 2.20. The summed E-state index contributed by atoms with van der Waals surface area (Å²) in [5.41, 5.74) is 0.919. The summed E-state index contributed by atoms with van der Waals surface area (Å²) in [6, 6.07) is 14.3. The lowest BCUT2D eigenvalue weighted by molar-refractivity contribution is 0.102. The van der Waals surface area contributed by atoms with E-state index in [1.165, 1.54) is 39.4 Å². The van der Waals surface area contributed by atoms with Crippen molar-refractivity contribution in [2.45, 2.75) is 15.2 Å². The van der Waals surface area contributed by atoms with Gasteiger partial charge in [-0.05, 0) is 16.3 Å². The molecule has 0 aliphatic rings. The van der Waals surface area contributed by atoms with E-state index in [9.17, 15) is 13.2 Å². The van der Waals surface area contributed by atoms with Gasteiger partial charge in [-0.25, -0.2) is 18.4 Å². The van der Waals surface area contributed by atoms with Gasteiger partial charge in [0.05, 0.1) is 11.2 Å². The molecule has 2 heterocycles. The van der Waals surface area contributed by atoms with Gasteiger partial charge in [0.15, 0.2) is 10.0 Å². The van der Waals surface area contributed by atoms with Gasteiger partial charge < -0.3 is 0 Å². The van der Waals surface area contributed by atoms with E-state index in [1.54, 1.807) is 0 Å². The number of amides is 1. The van der Waals surface area contributed by atoms with Crippen molar-refractivity contribution < 1.29 is 13.2 Å². The first-order valence-corrected chi connectivity index (χ1v) is 12.9. The fraction of sp³-hybridized carbons (Fsp3) is 0.105. The Balaban J connectivity index is 1.46. The third-order valence-corrected chi connectivity index (χ3v) is 7.28. The number of thioether (sulfide) groups is 1. The molecule has 1 N–H and O–H groups in total. The van der Waals surface area contributed by atoms with Crippen LogP contribution in [0.1, 0.15) is 16.1 Å². The Morgan fingerprint density at radius 3 is 2.74 bits per heavy atom. The Morgan fingerprint density at radius 2 is 1.94 bits per heavy atom. The molecule has 0 atom stereocenters. The molecule has 31 heavy (non-hydrogen) atoms. The highest BCUT2D eigenvalue weighted by molar-refractivity contribution is 8.00. The third-order valence-electron chi connectivity index (χ3n) is 4.13. The normalized spacial score (nSPS) is 11.5. The number of aromatic nitrogens is 4. The quantitative estimate of drug-likeness (QED) is 0.244. The monoisotopic (exact) mass is 491 g/mol. The summed E-state index contributed by atoms with van der Waals surface area (Å²) in [5.74, 6) is -0.00148. The van der Waals surface area contributed by atoms with Crippen molar-refractivity contribution in [3.05, 3.63) is 64.9 Å². The first kappa shape index (κ1) is 21.6. The molecule has 0 bridgehead atoms. The van der Waals surface area contributed by atoms with Crippen molar-refractivity contribution >= 4 is 66.3 Å². The van der Waals surface area contributed by atoms with Crippen LogP contribution in [0.25, 0.3) is 10.8 Å². The molecule has 2 aromatic heterocycles. The number of benzene rings is 2. The van der Waals surface area contributed by atoms with Crippen LogP contribution in [0.2, 0.25) is 5.02 Å². The van der Waals surface area contributed by atoms with E-state index in [2.05, 4.69) is 49.7 Å². The predicted molar refractivity (Wildman–Crippen MR) is 122 cm³/mol. The number of nitrogens with one attached hydrogen (secondary N) is 1. The number of hydrogen-bond acceptors (Lipinski definition) is 9. The molecule has 4 rings (SSSR count). The molecular weight excluding hydrogens is 478 g/mol. The van der Waals surface area contributed by atoms with E-state index >= 15 is 0 Å². The van der Waals surface area contributed by atoms with Gasteiger partial charge >= 0.3 is 0 Å². The standard InChI is InChI=1S/C19H14ClN5O3S3/c1-31(27,28)18-21-9-14(20)15(22-18)16(26)23-17-24-25-19(30-17)29-10-12-7-4-6-11-5-2-3-8-13(11)12/h2-9H,10H2,1H3,(H,23,24,26). The first-order chi connectivity index (χ1) is 14.8. The molecule has 1 amide bonds. The molecule has 8 nitrogen and oxygen atoms in total. The van der Waals surface area contributed by atoms with Crippen LogP contribution in [-0.4, -0.2) is 40.7 Å². The highest BCUT2D eigenvalue weighted by Crippen LogP contribution is 2.31. The van der Waals surface area contributed by atoms with Gasteiger partial charge in [-0.2, -0.15) is 0 Å². The van der Waals surface area contributed by atoms with Gasteiger partial charge in [-0.1, -0.05) is 77.2 Å². The summed E-state index contributed by atoms with van der Waals surface area (Å²) in [6.07, 6.45) is 2.02. The maximum absolute atomic E-state index is 12.5. The highest BCUT2D eigenvalue weighted by atomic mass is 35.5. The van der Waals surface area contributed by atoms with E-state index in [0.717, 1.165) is 12.5 Å². The maximum atomic E-state index is 12.5. The largest absolute Gasteiger partial charge is 0.295 e. The van der Waals surface area contributed by atoms with Crippen LogP contribution in [0.4, 0.5) is 5.13 Å². The van der Waals surface area contributed by atoms with Crippen LogP contribution in [-0.2, 0) is 15.6 Å². The minimum atomic E-state index is -3.68. The van der Waals surface area contributed by atoms with Gasteiger partial charge in [-0.3, -0.25) is 10.1 Å². The molecule has 0 unspecified atom stereocenters. The second-order valence-electron chi connectivity index (χ2n) is 6.38. The molecule has 12 heteroatoms.